The predicted octanol–water partition coefficient (Wildman–Crippen LogP) is 4.58. The van der Waals surface area contributed by atoms with E-state index in [0.717, 1.165) is 11.1 Å². The number of hydrogen-bond donors (Lipinski definition) is 4. The molecule has 0 bridgehead atoms. The number of hydrogen-bond acceptors (Lipinski definition) is 8. The molecule has 0 aliphatic rings. The van der Waals surface area contributed by atoms with Gasteiger partial charge in [-0.15, -0.1) is 0 Å². The fraction of sp³-hybridized carbons (Fsp3) is 0.296. The summed E-state index contributed by atoms with van der Waals surface area (Å²) in [7, 11) is 2.57. The second-order valence-corrected chi connectivity index (χ2v) is 8.49. The van der Waals surface area contributed by atoms with Crippen LogP contribution < -0.4 is 14.9 Å². The fourth-order valence-corrected chi connectivity index (χ4v) is 3.73. The minimum Gasteiger partial charge on any atom is -0.507 e. The Kier molecular flexibility index (Phi) is 7.76. The highest BCUT2D eigenvalue weighted by Gasteiger charge is 2.24. The van der Waals surface area contributed by atoms with Crippen LogP contribution in [0.1, 0.15) is 31.9 Å². The summed E-state index contributed by atoms with van der Waals surface area (Å²) in [6, 6.07) is 4.58. The van der Waals surface area contributed by atoms with Crippen LogP contribution in [0.25, 0.3) is 22.3 Å². The van der Waals surface area contributed by atoms with E-state index in [9.17, 15) is 25.2 Å². The summed E-state index contributed by atoms with van der Waals surface area (Å²) in [5, 5.41) is 40.8. The van der Waals surface area contributed by atoms with Crippen molar-refractivity contribution in [3.63, 3.8) is 0 Å². The van der Waals surface area contributed by atoms with E-state index < -0.39 is 16.9 Å². The Balaban J connectivity index is 2.34. The zero-order chi connectivity index (χ0) is 25.9. The standard InChI is InChI=1S/C27H30O8/c1-14(2)6-8-16-10-18(11-17(22(16)30)9-7-15(3)13-28)25-27(34-5)24(32)21-20(35-25)12-19(29)26(33-4)23(21)31/h6-7,10-12,28-31H,8-9,13H2,1-5H3/b15-7+. The zero-order valence-electron chi connectivity index (χ0n) is 20.4. The van der Waals surface area contributed by atoms with E-state index in [1.54, 1.807) is 25.1 Å². The molecular weight excluding hydrogens is 452 g/mol. The van der Waals surface area contributed by atoms with Crippen molar-refractivity contribution in [1.29, 1.82) is 0 Å². The smallest absolute Gasteiger partial charge is 0.239 e. The van der Waals surface area contributed by atoms with Gasteiger partial charge in [0, 0.05) is 11.6 Å². The Bertz CT molecular complexity index is 1370. The van der Waals surface area contributed by atoms with Crippen LogP contribution in [0.15, 0.2) is 50.7 Å². The van der Waals surface area contributed by atoms with Crippen molar-refractivity contribution in [3.05, 3.63) is 62.8 Å². The number of fused-ring (bicyclic) bond motifs is 1. The Morgan fingerprint density at radius 1 is 0.914 bits per heavy atom. The molecule has 0 atom stereocenters. The molecule has 4 N–H and O–H groups in total. The number of benzene rings is 2. The van der Waals surface area contributed by atoms with Crippen molar-refractivity contribution in [2.24, 2.45) is 0 Å². The summed E-state index contributed by atoms with van der Waals surface area (Å²) >= 11 is 0. The largest absolute Gasteiger partial charge is 0.507 e. The minimum atomic E-state index is -0.643. The second-order valence-electron chi connectivity index (χ2n) is 8.49. The molecule has 8 nitrogen and oxygen atoms in total. The van der Waals surface area contributed by atoms with Gasteiger partial charge in [-0.25, -0.2) is 0 Å². The van der Waals surface area contributed by atoms with Gasteiger partial charge >= 0.3 is 0 Å². The molecule has 0 aliphatic heterocycles. The van der Waals surface area contributed by atoms with Crippen LogP contribution in [0, 0.1) is 0 Å². The molecule has 0 spiro atoms. The zero-order valence-corrected chi connectivity index (χ0v) is 20.4. The first-order valence-corrected chi connectivity index (χ1v) is 11.0. The van der Waals surface area contributed by atoms with E-state index in [1.807, 2.05) is 19.9 Å². The average Bonchev–Trinajstić information content (AvgIpc) is 2.82. The van der Waals surface area contributed by atoms with Gasteiger partial charge in [0.2, 0.25) is 16.9 Å². The van der Waals surface area contributed by atoms with Crippen LogP contribution >= 0.6 is 0 Å². The lowest BCUT2D eigenvalue weighted by Gasteiger charge is -2.15. The summed E-state index contributed by atoms with van der Waals surface area (Å²) in [4.78, 5) is 13.3. The van der Waals surface area contributed by atoms with E-state index >= 15 is 0 Å². The van der Waals surface area contributed by atoms with Crippen LogP contribution in [-0.2, 0) is 12.8 Å². The third-order valence-electron chi connectivity index (χ3n) is 5.64. The quantitative estimate of drug-likeness (QED) is 0.343. The van der Waals surface area contributed by atoms with Gasteiger partial charge in [-0.2, -0.15) is 0 Å². The Labute approximate surface area is 203 Å². The lowest BCUT2D eigenvalue weighted by molar-refractivity contribution is 0.331. The summed E-state index contributed by atoms with van der Waals surface area (Å²) in [6.45, 7) is 5.58. The molecule has 0 radical (unpaired) electrons. The Morgan fingerprint density at radius 2 is 1.51 bits per heavy atom. The molecule has 3 rings (SSSR count). The van der Waals surface area contributed by atoms with Crippen molar-refractivity contribution in [2.75, 3.05) is 20.8 Å². The number of phenolic OH excluding ortho intramolecular Hbond substituents is 3. The second kappa shape index (κ2) is 10.6. The highest BCUT2D eigenvalue weighted by atomic mass is 16.5. The van der Waals surface area contributed by atoms with Crippen molar-refractivity contribution in [2.45, 2.75) is 33.6 Å². The molecule has 3 aromatic rings. The molecule has 0 amide bonds. The van der Waals surface area contributed by atoms with Crippen LogP contribution in [0.4, 0.5) is 0 Å². The van der Waals surface area contributed by atoms with E-state index in [2.05, 4.69) is 0 Å². The summed E-state index contributed by atoms with van der Waals surface area (Å²) in [5.74, 6) is -1.15. The van der Waals surface area contributed by atoms with Gasteiger partial charge in [0.15, 0.2) is 17.3 Å². The molecule has 0 saturated heterocycles. The first-order chi connectivity index (χ1) is 16.6. The van der Waals surface area contributed by atoms with Gasteiger partial charge in [-0.1, -0.05) is 23.3 Å². The third kappa shape index (κ3) is 5.12. The van der Waals surface area contributed by atoms with E-state index in [1.165, 1.54) is 20.3 Å². The molecule has 2 aromatic carbocycles. The van der Waals surface area contributed by atoms with Crippen LogP contribution in [0.3, 0.4) is 0 Å². The van der Waals surface area contributed by atoms with E-state index in [4.69, 9.17) is 13.9 Å². The monoisotopic (exact) mass is 482 g/mol. The summed E-state index contributed by atoms with van der Waals surface area (Å²) in [6.07, 6.45) is 4.55. The first kappa shape index (κ1) is 25.7. The molecular formula is C27H30O8. The van der Waals surface area contributed by atoms with Crippen molar-refractivity contribution in [3.8, 4) is 40.1 Å². The van der Waals surface area contributed by atoms with Gasteiger partial charge in [-0.05, 0) is 56.9 Å². The Hall–Kier alpha value is -3.91. The molecule has 8 heteroatoms. The lowest BCUT2D eigenvalue weighted by atomic mass is 9.96. The lowest BCUT2D eigenvalue weighted by Crippen LogP contribution is -2.08. The number of aliphatic hydroxyl groups is 1. The van der Waals surface area contributed by atoms with Gasteiger partial charge < -0.3 is 34.3 Å². The molecule has 35 heavy (non-hydrogen) atoms. The number of methoxy groups -OCH3 is 2. The maximum atomic E-state index is 13.3. The molecule has 1 aromatic heterocycles. The van der Waals surface area contributed by atoms with E-state index in [-0.39, 0.29) is 40.6 Å². The first-order valence-electron chi connectivity index (χ1n) is 11.0. The highest BCUT2D eigenvalue weighted by molar-refractivity contribution is 5.91. The van der Waals surface area contributed by atoms with Gasteiger partial charge in [0.1, 0.15) is 16.7 Å². The van der Waals surface area contributed by atoms with Crippen molar-refractivity contribution >= 4 is 11.0 Å². The van der Waals surface area contributed by atoms with E-state index in [0.29, 0.717) is 29.5 Å². The van der Waals surface area contributed by atoms with Gasteiger partial charge in [-0.3, -0.25) is 4.79 Å². The topological polar surface area (TPSA) is 130 Å². The highest BCUT2D eigenvalue weighted by Crippen LogP contribution is 2.44. The molecule has 1 heterocycles. The normalized spacial score (nSPS) is 11.5. The van der Waals surface area contributed by atoms with Crippen LogP contribution in [0.5, 0.6) is 28.7 Å². The van der Waals surface area contributed by atoms with Crippen molar-refractivity contribution in [1.82, 2.24) is 0 Å². The molecule has 0 fully saturated rings. The number of aliphatic hydroxyl groups excluding tert-OH is 1. The number of aromatic hydroxyl groups is 3. The minimum absolute atomic E-state index is 0.0573. The molecule has 186 valence electrons. The fourth-order valence-electron chi connectivity index (χ4n) is 3.73. The van der Waals surface area contributed by atoms with Crippen molar-refractivity contribution < 1.29 is 34.3 Å². The van der Waals surface area contributed by atoms with Crippen LogP contribution in [0.2, 0.25) is 0 Å². The summed E-state index contributed by atoms with van der Waals surface area (Å²) < 4.78 is 16.4. The predicted molar refractivity (Wildman–Crippen MR) is 134 cm³/mol. The third-order valence-corrected chi connectivity index (χ3v) is 5.64. The van der Waals surface area contributed by atoms with Gasteiger partial charge in [0.25, 0.3) is 0 Å². The molecule has 0 aliphatic carbocycles. The maximum absolute atomic E-state index is 13.3. The summed E-state index contributed by atoms with van der Waals surface area (Å²) in [5.41, 5.74) is 2.76. The van der Waals surface area contributed by atoms with Crippen LogP contribution in [-0.4, -0.2) is 41.3 Å². The number of ether oxygens (including phenoxy) is 2. The van der Waals surface area contributed by atoms with Gasteiger partial charge in [0.05, 0.1) is 20.8 Å². The Morgan fingerprint density at radius 3 is 2.06 bits per heavy atom. The SMILES string of the molecule is COc1c(O)cc2oc(-c3cc(CC=C(C)C)c(O)c(C/C=C(\C)CO)c3)c(OC)c(=O)c2c1O. The number of rotatable bonds is 8. The molecule has 0 unspecified atom stereocenters. The molecule has 0 saturated carbocycles. The maximum Gasteiger partial charge on any atom is 0.239 e. The number of allylic oxidation sites excluding steroid dienone is 3. The number of phenols is 3. The average molecular weight is 483 g/mol.